The molecule has 2 aliphatic rings. The van der Waals surface area contributed by atoms with Gasteiger partial charge in [-0.05, 0) is 31.6 Å². The second kappa shape index (κ2) is 6.90. The number of nitrogens with zero attached hydrogens (tertiary/aromatic N) is 3. The van der Waals surface area contributed by atoms with E-state index in [9.17, 15) is 18.0 Å². The maximum atomic E-state index is 12.6. The summed E-state index contributed by atoms with van der Waals surface area (Å²) in [4.78, 5) is 19.7. The largest absolute Gasteiger partial charge is 0.434 e. The van der Waals surface area contributed by atoms with E-state index in [0.717, 1.165) is 55.4 Å². The van der Waals surface area contributed by atoms with Crippen molar-refractivity contribution in [3.8, 4) is 0 Å². The van der Waals surface area contributed by atoms with Crippen molar-refractivity contribution in [3.63, 3.8) is 0 Å². The van der Waals surface area contributed by atoms with Crippen molar-refractivity contribution in [2.24, 2.45) is 11.8 Å². The van der Waals surface area contributed by atoms with Crippen LogP contribution in [0.5, 0.6) is 0 Å². The van der Waals surface area contributed by atoms with E-state index in [2.05, 4.69) is 4.98 Å². The molecule has 2 fully saturated rings. The van der Waals surface area contributed by atoms with Gasteiger partial charge in [0.2, 0.25) is 5.91 Å². The smallest absolute Gasteiger partial charge is 0.348 e. The van der Waals surface area contributed by atoms with E-state index in [-0.39, 0.29) is 11.8 Å². The molecule has 2 heterocycles. The van der Waals surface area contributed by atoms with E-state index in [4.69, 9.17) is 0 Å². The van der Waals surface area contributed by atoms with Gasteiger partial charge in [0.15, 0.2) is 10.8 Å². The van der Waals surface area contributed by atoms with Gasteiger partial charge < -0.3 is 9.80 Å². The van der Waals surface area contributed by atoms with Crippen molar-refractivity contribution in [2.45, 2.75) is 38.3 Å². The van der Waals surface area contributed by atoms with Crippen LogP contribution < -0.4 is 4.90 Å². The van der Waals surface area contributed by atoms with Gasteiger partial charge in [0.25, 0.3) is 0 Å². The van der Waals surface area contributed by atoms with Gasteiger partial charge in [-0.25, -0.2) is 4.98 Å². The van der Waals surface area contributed by atoms with Crippen LogP contribution in [0.25, 0.3) is 0 Å². The number of carbonyl (C=O) groups excluding carboxylic acids is 1. The molecule has 1 aliphatic heterocycles. The van der Waals surface area contributed by atoms with E-state index in [1.165, 1.54) is 0 Å². The molecule has 134 valence electrons. The lowest BCUT2D eigenvalue weighted by Crippen LogP contribution is -2.42. The quantitative estimate of drug-likeness (QED) is 0.822. The third kappa shape index (κ3) is 3.84. The first-order valence-electron chi connectivity index (χ1n) is 8.37. The van der Waals surface area contributed by atoms with Crippen LogP contribution in [0.15, 0.2) is 5.38 Å². The maximum Gasteiger partial charge on any atom is 0.434 e. The van der Waals surface area contributed by atoms with E-state index in [0.29, 0.717) is 24.1 Å². The Hall–Kier alpha value is -1.31. The number of hydrogen-bond donors (Lipinski definition) is 0. The van der Waals surface area contributed by atoms with Crippen LogP contribution in [-0.2, 0) is 11.0 Å². The molecule has 0 aromatic carbocycles. The van der Waals surface area contributed by atoms with Crippen molar-refractivity contribution in [2.75, 3.05) is 31.6 Å². The summed E-state index contributed by atoms with van der Waals surface area (Å²) >= 11 is 1.05. The zero-order chi connectivity index (χ0) is 17.3. The monoisotopic (exact) mass is 361 g/mol. The van der Waals surface area contributed by atoms with Gasteiger partial charge in [-0.3, -0.25) is 4.79 Å². The molecule has 1 saturated heterocycles. The molecule has 24 heavy (non-hydrogen) atoms. The first-order chi connectivity index (χ1) is 11.3. The number of amides is 1. The Labute approximate surface area is 143 Å². The number of hydrogen-bond acceptors (Lipinski definition) is 4. The summed E-state index contributed by atoms with van der Waals surface area (Å²) in [5, 5.41) is 1.52. The second-order valence-corrected chi connectivity index (χ2v) is 7.63. The van der Waals surface area contributed by atoms with Gasteiger partial charge in [0.1, 0.15) is 0 Å². The third-order valence-electron chi connectivity index (χ3n) is 5.03. The number of halogens is 3. The Balaban J connectivity index is 1.48. The molecule has 0 atom stereocenters. The standard InChI is InChI=1S/C16H22F3N3OS/c1-21(14(23)12-3-2-4-12)9-11-5-7-22(8-6-11)15-20-13(10-24-15)16(17,18)19/h10-12H,2-9H2,1H3. The molecule has 1 aromatic rings. The Morgan fingerprint density at radius 1 is 1.33 bits per heavy atom. The van der Waals surface area contributed by atoms with Crippen LogP contribution in [0.1, 0.15) is 37.8 Å². The molecule has 8 heteroatoms. The molecular formula is C16H22F3N3OS. The second-order valence-electron chi connectivity index (χ2n) is 6.79. The highest BCUT2D eigenvalue weighted by atomic mass is 32.1. The van der Waals surface area contributed by atoms with E-state index >= 15 is 0 Å². The summed E-state index contributed by atoms with van der Waals surface area (Å²) < 4.78 is 37.9. The van der Waals surface area contributed by atoms with Crippen LogP contribution >= 0.6 is 11.3 Å². The van der Waals surface area contributed by atoms with Gasteiger partial charge in [-0.2, -0.15) is 13.2 Å². The number of anilines is 1. The average Bonchev–Trinajstić information content (AvgIpc) is 2.96. The maximum absolute atomic E-state index is 12.6. The molecule has 1 saturated carbocycles. The van der Waals surface area contributed by atoms with Gasteiger partial charge in [0.05, 0.1) is 0 Å². The van der Waals surface area contributed by atoms with Crippen molar-refractivity contribution < 1.29 is 18.0 Å². The molecule has 1 aromatic heterocycles. The highest BCUT2D eigenvalue weighted by molar-refractivity contribution is 7.13. The highest BCUT2D eigenvalue weighted by Crippen LogP contribution is 2.34. The SMILES string of the molecule is CN(CC1CCN(c2nc(C(F)(F)F)cs2)CC1)C(=O)C1CCC1. The molecule has 1 aliphatic carbocycles. The van der Waals surface area contributed by atoms with E-state index < -0.39 is 11.9 Å². The molecular weight excluding hydrogens is 339 g/mol. The Morgan fingerprint density at radius 2 is 2.00 bits per heavy atom. The van der Waals surface area contributed by atoms with Crippen molar-refractivity contribution in [3.05, 3.63) is 11.1 Å². The van der Waals surface area contributed by atoms with Crippen molar-refractivity contribution >= 4 is 22.4 Å². The predicted octanol–water partition coefficient (Wildman–Crippen LogP) is 3.64. The number of thiazole rings is 1. The van der Waals surface area contributed by atoms with Gasteiger partial charge in [-0.1, -0.05) is 6.42 Å². The number of piperidine rings is 1. The molecule has 3 rings (SSSR count). The van der Waals surface area contributed by atoms with E-state index in [1.807, 2.05) is 16.8 Å². The number of alkyl halides is 3. The van der Waals surface area contributed by atoms with E-state index in [1.54, 1.807) is 0 Å². The van der Waals surface area contributed by atoms with Gasteiger partial charge in [-0.15, -0.1) is 11.3 Å². The predicted molar refractivity (Wildman–Crippen MR) is 87.0 cm³/mol. The molecule has 4 nitrogen and oxygen atoms in total. The minimum Gasteiger partial charge on any atom is -0.348 e. The minimum atomic E-state index is -4.38. The summed E-state index contributed by atoms with van der Waals surface area (Å²) in [5.41, 5.74) is -0.810. The molecule has 0 radical (unpaired) electrons. The Morgan fingerprint density at radius 3 is 2.50 bits per heavy atom. The molecule has 0 unspecified atom stereocenters. The van der Waals surface area contributed by atoms with Crippen molar-refractivity contribution in [1.82, 2.24) is 9.88 Å². The Bertz CT molecular complexity index is 577. The number of carbonyl (C=O) groups is 1. The summed E-state index contributed by atoms with van der Waals surface area (Å²) in [6.07, 6.45) is 0.543. The molecule has 0 spiro atoms. The topological polar surface area (TPSA) is 36.4 Å². The average molecular weight is 361 g/mol. The summed E-state index contributed by atoms with van der Waals surface area (Å²) in [7, 11) is 1.86. The lowest BCUT2D eigenvalue weighted by Gasteiger charge is -2.35. The third-order valence-corrected chi connectivity index (χ3v) is 5.93. The first kappa shape index (κ1) is 17.5. The van der Waals surface area contributed by atoms with Crippen LogP contribution in [0.3, 0.4) is 0 Å². The highest BCUT2D eigenvalue weighted by Gasteiger charge is 2.35. The van der Waals surface area contributed by atoms with Gasteiger partial charge >= 0.3 is 6.18 Å². The van der Waals surface area contributed by atoms with Crippen molar-refractivity contribution in [1.29, 1.82) is 0 Å². The van der Waals surface area contributed by atoms with Crippen LogP contribution in [0.2, 0.25) is 0 Å². The zero-order valence-electron chi connectivity index (χ0n) is 13.7. The summed E-state index contributed by atoms with van der Waals surface area (Å²) in [6.45, 7) is 2.14. The Kier molecular flexibility index (Phi) is 5.03. The fourth-order valence-corrected chi connectivity index (χ4v) is 4.18. The van der Waals surface area contributed by atoms with Gasteiger partial charge in [0, 0.05) is 38.0 Å². The minimum absolute atomic E-state index is 0.214. The molecule has 0 N–H and O–H groups in total. The number of aromatic nitrogens is 1. The van der Waals surface area contributed by atoms with Crippen LogP contribution in [0.4, 0.5) is 18.3 Å². The normalized spacial score (nSPS) is 20.1. The molecule has 1 amide bonds. The van der Waals surface area contributed by atoms with Crippen LogP contribution in [-0.4, -0.2) is 42.5 Å². The fourth-order valence-electron chi connectivity index (χ4n) is 3.29. The summed E-state index contributed by atoms with van der Waals surface area (Å²) in [5.74, 6) is 0.877. The first-order valence-corrected chi connectivity index (χ1v) is 9.25. The lowest BCUT2D eigenvalue weighted by molar-refractivity contribution is -0.140. The lowest BCUT2D eigenvalue weighted by atomic mass is 9.84. The zero-order valence-corrected chi connectivity index (χ0v) is 14.5. The fraction of sp³-hybridized carbons (Fsp3) is 0.750. The number of rotatable bonds is 4. The molecule has 0 bridgehead atoms. The van der Waals surface area contributed by atoms with Crippen LogP contribution in [0, 0.1) is 11.8 Å². The summed E-state index contributed by atoms with van der Waals surface area (Å²) in [6, 6.07) is 0.